The minimum absolute atomic E-state index is 0.0597. The quantitative estimate of drug-likeness (QED) is 0.877. The summed E-state index contributed by atoms with van der Waals surface area (Å²) >= 11 is 0. The van der Waals surface area contributed by atoms with Gasteiger partial charge in [-0.2, -0.15) is 0 Å². The Hall–Kier alpha value is -1.55. The van der Waals surface area contributed by atoms with Crippen molar-refractivity contribution in [1.82, 2.24) is 15.5 Å². The summed E-state index contributed by atoms with van der Waals surface area (Å²) in [5, 5.41) is 5.94. The van der Waals surface area contributed by atoms with Crippen molar-refractivity contribution < 1.29 is 4.79 Å². The number of benzene rings is 1. The molecule has 1 unspecified atom stereocenters. The van der Waals surface area contributed by atoms with Crippen molar-refractivity contribution >= 4 is 6.03 Å². The number of nitrogens with one attached hydrogen (secondary N) is 2. The Labute approximate surface area is 139 Å². The second-order valence-corrected chi connectivity index (χ2v) is 7.11. The molecule has 126 valence electrons. The molecule has 1 heterocycles. The molecule has 1 aromatic carbocycles. The number of carbonyl (C=O) groups excluding carboxylic acids is 1. The number of rotatable bonds is 5. The summed E-state index contributed by atoms with van der Waals surface area (Å²) in [7, 11) is 0. The van der Waals surface area contributed by atoms with Crippen LogP contribution in [0, 0.1) is 5.92 Å². The summed E-state index contributed by atoms with van der Waals surface area (Å²) in [6.07, 6.45) is 6.28. The van der Waals surface area contributed by atoms with E-state index >= 15 is 0 Å². The fraction of sp³-hybridized carbons (Fsp3) is 0.632. The number of piperidine rings is 1. The highest BCUT2D eigenvalue weighted by molar-refractivity contribution is 5.73. The number of hydrogen-bond acceptors (Lipinski definition) is 2. The number of fused-ring (bicyclic) bond motifs is 1. The van der Waals surface area contributed by atoms with Crippen LogP contribution in [-0.4, -0.2) is 37.1 Å². The van der Waals surface area contributed by atoms with E-state index in [1.54, 1.807) is 0 Å². The number of nitrogens with zero attached hydrogens (tertiary/aromatic N) is 1. The molecule has 2 amide bonds. The van der Waals surface area contributed by atoms with E-state index in [-0.39, 0.29) is 6.03 Å². The monoisotopic (exact) mass is 315 g/mol. The van der Waals surface area contributed by atoms with Gasteiger partial charge in [-0.3, -0.25) is 0 Å². The van der Waals surface area contributed by atoms with Crippen LogP contribution < -0.4 is 10.6 Å². The summed E-state index contributed by atoms with van der Waals surface area (Å²) in [6.45, 7) is 6.93. The highest BCUT2D eigenvalue weighted by atomic mass is 16.2. The zero-order valence-corrected chi connectivity index (χ0v) is 14.2. The van der Waals surface area contributed by atoms with Gasteiger partial charge in [0.2, 0.25) is 0 Å². The number of likely N-dealkylation sites (tertiary alicyclic amines) is 1. The first kappa shape index (κ1) is 16.3. The lowest BCUT2D eigenvalue weighted by molar-refractivity contribution is 0.184. The molecular formula is C19H29N3O. The second-order valence-electron chi connectivity index (χ2n) is 7.11. The number of carbonyl (C=O) groups is 1. The van der Waals surface area contributed by atoms with Crippen molar-refractivity contribution in [2.75, 3.05) is 26.2 Å². The predicted molar refractivity (Wildman–Crippen MR) is 93.5 cm³/mol. The Kier molecular flexibility index (Phi) is 5.55. The molecule has 4 nitrogen and oxygen atoms in total. The third-order valence-electron chi connectivity index (χ3n) is 5.07. The van der Waals surface area contributed by atoms with E-state index in [0.29, 0.717) is 6.54 Å². The van der Waals surface area contributed by atoms with Gasteiger partial charge in [0.15, 0.2) is 0 Å². The van der Waals surface area contributed by atoms with Gasteiger partial charge in [0.1, 0.15) is 0 Å². The van der Waals surface area contributed by atoms with Crippen LogP contribution in [0.2, 0.25) is 0 Å². The molecule has 0 saturated carbocycles. The summed E-state index contributed by atoms with van der Waals surface area (Å²) < 4.78 is 0. The van der Waals surface area contributed by atoms with Crippen LogP contribution in [0.1, 0.15) is 42.9 Å². The van der Waals surface area contributed by atoms with E-state index in [2.05, 4.69) is 40.7 Å². The van der Waals surface area contributed by atoms with E-state index in [9.17, 15) is 4.79 Å². The number of amides is 2. The average molecular weight is 315 g/mol. The van der Waals surface area contributed by atoms with Gasteiger partial charge < -0.3 is 15.5 Å². The van der Waals surface area contributed by atoms with Crippen molar-refractivity contribution in [2.45, 2.75) is 45.6 Å². The van der Waals surface area contributed by atoms with Gasteiger partial charge in [-0.1, -0.05) is 25.1 Å². The van der Waals surface area contributed by atoms with Crippen molar-refractivity contribution in [3.8, 4) is 0 Å². The first-order valence-electron chi connectivity index (χ1n) is 9.05. The molecule has 1 aromatic rings. The molecule has 0 radical (unpaired) electrons. The third kappa shape index (κ3) is 4.71. The molecule has 3 rings (SSSR count). The first-order valence-corrected chi connectivity index (χ1v) is 9.05. The normalized spacial score (nSPS) is 21.0. The third-order valence-corrected chi connectivity index (χ3v) is 5.07. The zero-order valence-electron chi connectivity index (χ0n) is 14.2. The SMILES string of the molecule is CC1CCCN(CCNC(=O)NCc2ccc3c(c2)CCC3)C1. The van der Waals surface area contributed by atoms with Crippen LogP contribution in [0.3, 0.4) is 0 Å². The Morgan fingerprint density at radius 1 is 1.22 bits per heavy atom. The Morgan fingerprint density at radius 2 is 2.09 bits per heavy atom. The van der Waals surface area contributed by atoms with Crippen LogP contribution in [0.25, 0.3) is 0 Å². The Bertz CT molecular complexity index is 543. The number of hydrogen-bond donors (Lipinski definition) is 2. The fourth-order valence-electron chi connectivity index (χ4n) is 3.80. The topological polar surface area (TPSA) is 44.4 Å². The van der Waals surface area contributed by atoms with Gasteiger partial charge in [-0.25, -0.2) is 4.79 Å². The van der Waals surface area contributed by atoms with E-state index < -0.39 is 0 Å². The standard InChI is InChI=1S/C19H29N3O/c1-15-4-3-10-22(14-15)11-9-20-19(23)21-13-16-7-8-17-5-2-6-18(17)12-16/h7-8,12,15H,2-6,9-11,13-14H2,1H3,(H2,20,21,23). The molecule has 23 heavy (non-hydrogen) atoms. The van der Waals surface area contributed by atoms with E-state index in [0.717, 1.165) is 19.0 Å². The van der Waals surface area contributed by atoms with E-state index in [4.69, 9.17) is 0 Å². The molecule has 1 saturated heterocycles. The van der Waals surface area contributed by atoms with Crippen LogP contribution in [0.4, 0.5) is 4.79 Å². The second kappa shape index (κ2) is 7.82. The maximum atomic E-state index is 11.9. The van der Waals surface area contributed by atoms with Crippen LogP contribution in [0.5, 0.6) is 0 Å². The molecule has 1 atom stereocenters. The van der Waals surface area contributed by atoms with E-state index in [1.807, 2.05) is 0 Å². The summed E-state index contributed by atoms with van der Waals surface area (Å²) in [6, 6.07) is 6.54. The lowest BCUT2D eigenvalue weighted by atomic mass is 10.0. The largest absolute Gasteiger partial charge is 0.337 e. The smallest absolute Gasteiger partial charge is 0.315 e. The van der Waals surface area contributed by atoms with Crippen molar-refractivity contribution in [1.29, 1.82) is 0 Å². The highest BCUT2D eigenvalue weighted by Crippen LogP contribution is 2.22. The van der Waals surface area contributed by atoms with Gasteiger partial charge in [0, 0.05) is 26.2 Å². The van der Waals surface area contributed by atoms with Crippen molar-refractivity contribution in [3.05, 3.63) is 34.9 Å². The summed E-state index contributed by atoms with van der Waals surface area (Å²) in [5.74, 6) is 0.789. The van der Waals surface area contributed by atoms with Gasteiger partial charge in [0.25, 0.3) is 0 Å². The van der Waals surface area contributed by atoms with Crippen molar-refractivity contribution in [2.24, 2.45) is 5.92 Å². The average Bonchev–Trinajstić information content (AvgIpc) is 3.00. The maximum Gasteiger partial charge on any atom is 0.315 e. The molecule has 1 aliphatic carbocycles. The molecule has 4 heteroatoms. The van der Waals surface area contributed by atoms with Crippen LogP contribution in [0.15, 0.2) is 18.2 Å². The van der Waals surface area contributed by atoms with Gasteiger partial charge >= 0.3 is 6.03 Å². The van der Waals surface area contributed by atoms with Crippen LogP contribution >= 0.6 is 0 Å². The number of urea groups is 1. The highest BCUT2D eigenvalue weighted by Gasteiger charge is 2.15. The molecule has 2 aliphatic rings. The lowest BCUT2D eigenvalue weighted by Crippen LogP contribution is -2.42. The Morgan fingerprint density at radius 3 is 2.96 bits per heavy atom. The molecule has 0 aromatic heterocycles. The molecular weight excluding hydrogens is 286 g/mol. The predicted octanol–water partition coefficient (Wildman–Crippen LogP) is 2.71. The molecule has 0 bridgehead atoms. The number of aryl methyl sites for hydroxylation is 2. The minimum atomic E-state index is -0.0597. The van der Waals surface area contributed by atoms with Gasteiger partial charge in [-0.05, 0) is 61.3 Å². The Balaban J connectivity index is 1.35. The molecule has 2 N–H and O–H groups in total. The molecule has 1 aliphatic heterocycles. The van der Waals surface area contributed by atoms with Gasteiger partial charge in [-0.15, -0.1) is 0 Å². The zero-order chi connectivity index (χ0) is 16.1. The maximum absolute atomic E-state index is 11.9. The molecule has 1 fully saturated rings. The lowest BCUT2D eigenvalue weighted by Gasteiger charge is -2.30. The van der Waals surface area contributed by atoms with E-state index in [1.165, 1.54) is 61.9 Å². The summed E-state index contributed by atoms with van der Waals surface area (Å²) in [4.78, 5) is 14.4. The minimum Gasteiger partial charge on any atom is -0.337 e. The summed E-state index contributed by atoms with van der Waals surface area (Å²) in [5.41, 5.74) is 4.14. The fourth-order valence-corrected chi connectivity index (χ4v) is 3.80. The van der Waals surface area contributed by atoms with Crippen molar-refractivity contribution in [3.63, 3.8) is 0 Å². The van der Waals surface area contributed by atoms with Gasteiger partial charge in [0.05, 0.1) is 0 Å². The first-order chi connectivity index (χ1) is 11.2. The molecule has 0 spiro atoms. The van der Waals surface area contributed by atoms with Crippen LogP contribution in [-0.2, 0) is 19.4 Å².